The van der Waals surface area contributed by atoms with Gasteiger partial charge in [0.25, 0.3) is 0 Å². The molecule has 1 saturated heterocycles. The van der Waals surface area contributed by atoms with Crippen molar-refractivity contribution in [3.8, 4) is 0 Å². The Hall–Kier alpha value is -1.35. The van der Waals surface area contributed by atoms with E-state index in [4.69, 9.17) is 9.47 Å². The highest BCUT2D eigenvalue weighted by Crippen LogP contribution is 2.33. The lowest BCUT2D eigenvalue weighted by atomic mass is 10.2. The predicted molar refractivity (Wildman–Crippen MR) is 80.4 cm³/mol. The number of nitrogens with zero attached hydrogens (tertiary/aromatic N) is 2. The lowest BCUT2D eigenvalue weighted by Crippen LogP contribution is -2.19. The monoisotopic (exact) mass is 340 g/mol. The molecule has 0 unspecified atom stereocenters. The molecule has 1 aliphatic heterocycles. The Balaban J connectivity index is 1.89. The Bertz CT molecular complexity index is 781. The summed E-state index contributed by atoms with van der Waals surface area (Å²) in [6.45, 7) is 5.80. The summed E-state index contributed by atoms with van der Waals surface area (Å²) in [5.74, 6) is -0.354. The van der Waals surface area contributed by atoms with E-state index in [1.54, 1.807) is 38.1 Å². The van der Waals surface area contributed by atoms with Crippen molar-refractivity contribution in [2.45, 2.75) is 41.9 Å². The van der Waals surface area contributed by atoms with Crippen molar-refractivity contribution in [2.75, 3.05) is 6.61 Å². The lowest BCUT2D eigenvalue weighted by molar-refractivity contribution is -0.139. The number of aryl methyl sites for hydroxylation is 1. The van der Waals surface area contributed by atoms with Crippen LogP contribution in [0.4, 0.5) is 0 Å². The van der Waals surface area contributed by atoms with Crippen LogP contribution in [0.25, 0.3) is 0 Å². The highest BCUT2D eigenvalue weighted by Gasteiger charge is 2.36. The highest BCUT2D eigenvalue weighted by molar-refractivity contribution is 7.93. The van der Waals surface area contributed by atoms with Crippen molar-refractivity contribution in [3.63, 3.8) is 0 Å². The van der Waals surface area contributed by atoms with Crippen LogP contribution in [0.3, 0.4) is 0 Å². The van der Waals surface area contributed by atoms with Crippen molar-refractivity contribution in [1.82, 2.24) is 9.36 Å². The van der Waals surface area contributed by atoms with Crippen molar-refractivity contribution in [2.24, 2.45) is 0 Å². The molecule has 2 heterocycles. The van der Waals surface area contributed by atoms with Crippen LogP contribution >= 0.6 is 11.5 Å². The summed E-state index contributed by atoms with van der Waals surface area (Å²) in [6, 6.07) is 6.66. The smallest absolute Gasteiger partial charge is 0.235 e. The van der Waals surface area contributed by atoms with Gasteiger partial charge >= 0.3 is 0 Å². The zero-order valence-electron chi connectivity index (χ0n) is 12.4. The fourth-order valence-electron chi connectivity index (χ4n) is 2.09. The first-order chi connectivity index (χ1) is 10.3. The largest absolute Gasteiger partial charge is 0.347 e. The van der Waals surface area contributed by atoms with Crippen LogP contribution in [0, 0.1) is 6.92 Å². The highest BCUT2D eigenvalue weighted by atomic mass is 32.2. The first kappa shape index (κ1) is 15.5. The molecular formula is C14H16N2O4S2. The summed E-state index contributed by atoms with van der Waals surface area (Å²) >= 11 is 0.858. The molecule has 3 rings (SSSR count). The molecule has 1 atom stereocenters. The van der Waals surface area contributed by atoms with Crippen LogP contribution in [0.2, 0.25) is 0 Å². The van der Waals surface area contributed by atoms with Gasteiger partial charge in [-0.25, -0.2) is 13.4 Å². The number of benzene rings is 1. The van der Waals surface area contributed by atoms with Crippen molar-refractivity contribution >= 4 is 21.4 Å². The zero-order valence-corrected chi connectivity index (χ0v) is 14.1. The van der Waals surface area contributed by atoms with Gasteiger partial charge in [-0.15, -0.1) is 0 Å². The van der Waals surface area contributed by atoms with Crippen molar-refractivity contribution in [3.05, 3.63) is 35.7 Å². The quantitative estimate of drug-likeness (QED) is 0.854. The average Bonchev–Trinajstić information content (AvgIpc) is 3.06. The molecule has 0 N–H and O–H groups in total. The molecule has 1 aromatic heterocycles. The van der Waals surface area contributed by atoms with Crippen LogP contribution in [0.5, 0.6) is 0 Å². The SMILES string of the molecule is Cc1ccc(S(=O)(=O)c2nc([C@H]3COC(C)(C)O3)ns2)cc1. The molecule has 0 radical (unpaired) electrons. The Morgan fingerprint density at radius 3 is 2.55 bits per heavy atom. The summed E-state index contributed by atoms with van der Waals surface area (Å²) in [5.41, 5.74) is 0.996. The standard InChI is InChI=1S/C14H16N2O4S2/c1-9-4-6-10(7-5-9)22(17,18)13-15-12(16-21-13)11-8-19-14(2,3)20-11/h4-7,11H,8H2,1-3H3/t11-/m1/s1. The third-order valence-electron chi connectivity index (χ3n) is 3.28. The third kappa shape index (κ3) is 2.91. The van der Waals surface area contributed by atoms with Gasteiger partial charge in [-0.05, 0) is 44.4 Å². The molecule has 118 valence electrons. The van der Waals surface area contributed by atoms with Crippen LogP contribution in [0.15, 0.2) is 33.5 Å². The van der Waals surface area contributed by atoms with Gasteiger partial charge in [0.15, 0.2) is 11.6 Å². The molecule has 0 saturated carbocycles. The number of hydrogen-bond donors (Lipinski definition) is 0. The average molecular weight is 340 g/mol. The van der Waals surface area contributed by atoms with E-state index in [0.717, 1.165) is 17.1 Å². The van der Waals surface area contributed by atoms with Crippen LogP contribution in [-0.2, 0) is 19.3 Å². The molecule has 0 aliphatic carbocycles. The van der Waals surface area contributed by atoms with E-state index in [-0.39, 0.29) is 9.24 Å². The van der Waals surface area contributed by atoms with Gasteiger partial charge in [0.05, 0.1) is 11.5 Å². The van der Waals surface area contributed by atoms with Gasteiger partial charge in [-0.1, -0.05) is 17.7 Å². The molecule has 1 fully saturated rings. The summed E-state index contributed by atoms with van der Waals surface area (Å²) in [7, 11) is -3.64. The van der Waals surface area contributed by atoms with E-state index in [1.807, 2.05) is 6.92 Å². The van der Waals surface area contributed by atoms with E-state index < -0.39 is 21.7 Å². The molecule has 22 heavy (non-hydrogen) atoms. The summed E-state index contributed by atoms with van der Waals surface area (Å²) < 4.78 is 40.3. The van der Waals surface area contributed by atoms with Gasteiger partial charge in [0.2, 0.25) is 14.2 Å². The number of hydrogen-bond acceptors (Lipinski definition) is 7. The zero-order chi connectivity index (χ0) is 16.0. The fraction of sp³-hybridized carbons (Fsp3) is 0.429. The molecule has 0 bridgehead atoms. The molecule has 2 aromatic rings. The van der Waals surface area contributed by atoms with E-state index in [9.17, 15) is 8.42 Å². The number of sulfone groups is 1. The first-order valence-corrected chi connectivity index (χ1v) is 9.01. The maximum atomic E-state index is 12.5. The minimum Gasteiger partial charge on any atom is -0.347 e. The normalized spacial score (nSPS) is 21.1. The topological polar surface area (TPSA) is 78.4 Å². The maximum absolute atomic E-state index is 12.5. The maximum Gasteiger partial charge on any atom is 0.235 e. The minimum atomic E-state index is -3.64. The predicted octanol–water partition coefficient (Wildman–Crippen LogP) is 2.50. The third-order valence-corrected chi connectivity index (χ3v) is 6.13. The summed E-state index contributed by atoms with van der Waals surface area (Å²) in [4.78, 5) is 4.36. The Labute approximate surface area is 133 Å². The van der Waals surface area contributed by atoms with Crippen LogP contribution in [0.1, 0.15) is 31.3 Å². The van der Waals surface area contributed by atoms with E-state index in [2.05, 4.69) is 9.36 Å². The number of aromatic nitrogens is 2. The number of rotatable bonds is 3. The minimum absolute atomic E-state index is 0.0281. The first-order valence-electron chi connectivity index (χ1n) is 6.75. The molecule has 1 aliphatic rings. The second kappa shape index (κ2) is 5.38. The fourth-order valence-corrected chi connectivity index (χ4v) is 4.26. The summed E-state index contributed by atoms with van der Waals surface area (Å²) in [6.07, 6.45) is -0.437. The van der Waals surface area contributed by atoms with E-state index >= 15 is 0 Å². The molecule has 6 nitrogen and oxygen atoms in total. The van der Waals surface area contributed by atoms with Crippen molar-refractivity contribution in [1.29, 1.82) is 0 Å². The molecule has 0 spiro atoms. The second-order valence-electron chi connectivity index (χ2n) is 5.55. The molecule has 8 heteroatoms. The molecule has 0 amide bonds. The van der Waals surface area contributed by atoms with Crippen molar-refractivity contribution < 1.29 is 17.9 Å². The summed E-state index contributed by atoms with van der Waals surface area (Å²) in [5, 5.41) is 0. The van der Waals surface area contributed by atoms with Crippen LogP contribution < -0.4 is 0 Å². The number of ether oxygens (including phenoxy) is 2. The van der Waals surface area contributed by atoms with Gasteiger partial charge in [-0.2, -0.15) is 4.37 Å². The molecular weight excluding hydrogens is 324 g/mol. The van der Waals surface area contributed by atoms with Gasteiger partial charge in [-0.3, -0.25) is 0 Å². The molecule has 1 aromatic carbocycles. The van der Waals surface area contributed by atoms with Gasteiger partial charge in [0.1, 0.15) is 6.10 Å². The Kier molecular flexibility index (Phi) is 3.80. The van der Waals surface area contributed by atoms with E-state index in [1.165, 1.54) is 0 Å². The Morgan fingerprint density at radius 2 is 1.95 bits per heavy atom. The van der Waals surface area contributed by atoms with Gasteiger partial charge < -0.3 is 9.47 Å². The Morgan fingerprint density at radius 1 is 1.27 bits per heavy atom. The lowest BCUT2D eigenvalue weighted by Gasteiger charge is -2.15. The van der Waals surface area contributed by atoms with Crippen LogP contribution in [-0.4, -0.2) is 30.2 Å². The van der Waals surface area contributed by atoms with Gasteiger partial charge in [0, 0.05) is 0 Å². The van der Waals surface area contributed by atoms with E-state index in [0.29, 0.717) is 12.4 Å². The second-order valence-corrected chi connectivity index (χ2v) is 8.43.